The molecule has 1 atom stereocenters. The minimum Gasteiger partial charge on any atom is -0.378 e. The third-order valence-corrected chi connectivity index (χ3v) is 3.33. The normalized spacial score (nSPS) is 16.6. The van der Waals surface area contributed by atoms with E-state index in [1.807, 2.05) is 0 Å². The highest BCUT2D eigenvalue weighted by Gasteiger charge is 2.39. The Hall–Kier alpha value is -0.220. The predicted octanol–water partition coefficient (Wildman–Crippen LogP) is 0.632. The van der Waals surface area contributed by atoms with E-state index in [2.05, 4.69) is 0 Å². The molecular formula is C7H15O5P. The van der Waals surface area contributed by atoms with Crippen LogP contribution in [-0.4, -0.2) is 26.5 Å². The summed E-state index contributed by atoms with van der Waals surface area (Å²) in [6, 6.07) is 0. The Bertz CT molecular complexity index is 207. The van der Waals surface area contributed by atoms with Gasteiger partial charge >= 0.3 is 7.60 Å². The van der Waals surface area contributed by atoms with Gasteiger partial charge < -0.3 is 19.7 Å². The van der Waals surface area contributed by atoms with Crippen LogP contribution in [0, 0.1) is 0 Å². The topological polar surface area (TPSA) is 94.8 Å². The van der Waals surface area contributed by atoms with Crippen LogP contribution < -0.4 is 0 Å². The lowest BCUT2D eigenvalue weighted by molar-refractivity contribution is -0.108. The van der Waals surface area contributed by atoms with Gasteiger partial charge in [-0.15, -0.1) is 0 Å². The molecule has 0 aliphatic carbocycles. The highest BCUT2D eigenvalue weighted by atomic mass is 31.2. The Balaban J connectivity index is 3.90. The fraction of sp³-hybridized carbons (Fsp3) is 0.857. The number of carbonyl (C=O) groups excluding carboxylic acids is 1. The first-order valence-corrected chi connectivity index (χ1v) is 5.64. The van der Waals surface area contributed by atoms with E-state index in [0.717, 1.165) is 13.2 Å². The number of rotatable bonds is 6. The van der Waals surface area contributed by atoms with Gasteiger partial charge in [0.15, 0.2) is 5.34 Å². The maximum Gasteiger partial charge on any atom is 0.356 e. The number of hydrogen-bond acceptors (Lipinski definition) is 3. The summed E-state index contributed by atoms with van der Waals surface area (Å²) in [4.78, 5) is 27.3. The van der Waals surface area contributed by atoms with Crippen LogP contribution in [-0.2, 0) is 9.36 Å². The lowest BCUT2D eigenvalue weighted by Crippen LogP contribution is -2.23. The SMILES string of the molecule is CC(O)(CCCCC=O)P(=O)(O)O. The van der Waals surface area contributed by atoms with E-state index in [1.54, 1.807) is 0 Å². The zero-order chi connectivity index (χ0) is 10.5. The summed E-state index contributed by atoms with van der Waals surface area (Å²) in [5, 5.41) is 7.34. The van der Waals surface area contributed by atoms with Gasteiger partial charge in [-0.1, -0.05) is 0 Å². The second-order valence-corrected chi connectivity index (χ2v) is 5.22. The summed E-state index contributed by atoms with van der Waals surface area (Å²) in [6.07, 6.45) is 2.07. The molecule has 0 aromatic carbocycles. The maximum atomic E-state index is 10.7. The summed E-state index contributed by atoms with van der Waals surface area (Å²) in [5.74, 6) is 0. The van der Waals surface area contributed by atoms with Gasteiger partial charge in [0.05, 0.1) is 0 Å². The van der Waals surface area contributed by atoms with Crippen molar-refractivity contribution in [2.75, 3.05) is 0 Å². The van der Waals surface area contributed by atoms with Crippen LogP contribution in [0.2, 0.25) is 0 Å². The van der Waals surface area contributed by atoms with Crippen LogP contribution in [0.15, 0.2) is 0 Å². The van der Waals surface area contributed by atoms with E-state index in [9.17, 15) is 14.5 Å². The molecule has 0 spiro atoms. The maximum absolute atomic E-state index is 10.7. The van der Waals surface area contributed by atoms with Crippen LogP contribution >= 0.6 is 7.60 Å². The molecule has 78 valence electrons. The lowest BCUT2D eigenvalue weighted by atomic mass is 10.1. The summed E-state index contributed by atoms with van der Waals surface area (Å²) >= 11 is 0. The predicted molar refractivity (Wildman–Crippen MR) is 47.2 cm³/mol. The van der Waals surface area contributed by atoms with E-state index in [-0.39, 0.29) is 6.42 Å². The Kier molecular flexibility index (Phi) is 4.78. The second-order valence-electron chi connectivity index (χ2n) is 3.17. The third-order valence-electron chi connectivity index (χ3n) is 1.85. The standard InChI is InChI=1S/C7H15O5P/c1-7(9,13(10,11)12)5-3-2-4-6-8/h6,9H,2-5H2,1H3,(H2,10,11,12). The quantitative estimate of drug-likeness (QED) is 0.339. The number of unbranched alkanes of at least 4 members (excludes halogenated alkanes) is 2. The molecule has 5 nitrogen and oxygen atoms in total. The molecule has 0 bridgehead atoms. The first-order chi connectivity index (χ1) is 5.81. The van der Waals surface area contributed by atoms with E-state index >= 15 is 0 Å². The fourth-order valence-corrected chi connectivity index (χ4v) is 1.28. The summed E-state index contributed by atoms with van der Waals surface area (Å²) in [5.41, 5.74) is 0. The molecule has 3 N–H and O–H groups in total. The molecule has 0 saturated heterocycles. The Morgan fingerprint density at radius 2 is 1.92 bits per heavy atom. The first-order valence-electron chi connectivity index (χ1n) is 4.03. The van der Waals surface area contributed by atoms with Crippen molar-refractivity contribution in [3.05, 3.63) is 0 Å². The molecule has 0 aromatic rings. The number of hydrogen-bond donors (Lipinski definition) is 3. The van der Waals surface area contributed by atoms with Crippen LogP contribution in [0.1, 0.15) is 32.6 Å². The molecule has 0 radical (unpaired) electrons. The summed E-state index contributed by atoms with van der Waals surface area (Å²) < 4.78 is 10.7. The molecule has 0 fully saturated rings. The monoisotopic (exact) mass is 210 g/mol. The minimum atomic E-state index is -4.45. The van der Waals surface area contributed by atoms with Crippen molar-refractivity contribution in [3.8, 4) is 0 Å². The van der Waals surface area contributed by atoms with Gasteiger partial charge in [-0.25, -0.2) is 0 Å². The molecular weight excluding hydrogens is 195 g/mol. The highest BCUT2D eigenvalue weighted by molar-refractivity contribution is 7.53. The highest BCUT2D eigenvalue weighted by Crippen LogP contribution is 2.50. The van der Waals surface area contributed by atoms with Gasteiger partial charge in [-0.05, 0) is 26.2 Å². The Labute approximate surface area is 76.9 Å². The molecule has 0 amide bonds. The van der Waals surface area contributed by atoms with Gasteiger partial charge in [0.1, 0.15) is 6.29 Å². The van der Waals surface area contributed by atoms with Crippen LogP contribution in [0.5, 0.6) is 0 Å². The molecule has 13 heavy (non-hydrogen) atoms. The molecule has 1 unspecified atom stereocenters. The van der Waals surface area contributed by atoms with Crippen molar-refractivity contribution in [1.29, 1.82) is 0 Å². The van der Waals surface area contributed by atoms with Crippen molar-refractivity contribution in [2.24, 2.45) is 0 Å². The molecule has 0 aliphatic rings. The lowest BCUT2D eigenvalue weighted by Gasteiger charge is -2.23. The summed E-state index contributed by atoms with van der Waals surface area (Å²) in [7, 11) is -4.45. The van der Waals surface area contributed by atoms with Gasteiger partial charge in [0.25, 0.3) is 0 Å². The van der Waals surface area contributed by atoms with E-state index in [4.69, 9.17) is 9.79 Å². The average Bonchev–Trinajstić information content (AvgIpc) is 1.96. The van der Waals surface area contributed by atoms with Gasteiger partial charge in [-0.3, -0.25) is 4.57 Å². The van der Waals surface area contributed by atoms with Crippen molar-refractivity contribution >= 4 is 13.9 Å². The molecule has 0 aromatic heterocycles. The first kappa shape index (κ1) is 12.8. The molecule has 0 heterocycles. The smallest absolute Gasteiger partial charge is 0.356 e. The van der Waals surface area contributed by atoms with Crippen molar-refractivity contribution < 1.29 is 24.3 Å². The van der Waals surface area contributed by atoms with Crippen molar-refractivity contribution in [2.45, 2.75) is 37.9 Å². The zero-order valence-electron chi connectivity index (χ0n) is 7.51. The Morgan fingerprint density at radius 1 is 1.38 bits per heavy atom. The fourth-order valence-electron chi connectivity index (χ4n) is 0.833. The van der Waals surface area contributed by atoms with Gasteiger partial charge in [0, 0.05) is 6.42 Å². The minimum absolute atomic E-state index is 0.00508. The number of aliphatic hydroxyl groups is 1. The van der Waals surface area contributed by atoms with Gasteiger partial charge in [-0.2, -0.15) is 0 Å². The van der Waals surface area contributed by atoms with Crippen LogP contribution in [0.3, 0.4) is 0 Å². The van der Waals surface area contributed by atoms with Crippen molar-refractivity contribution in [1.82, 2.24) is 0 Å². The summed E-state index contributed by atoms with van der Waals surface area (Å²) in [6.45, 7) is 1.11. The largest absolute Gasteiger partial charge is 0.378 e. The van der Waals surface area contributed by atoms with E-state index < -0.39 is 12.9 Å². The Morgan fingerprint density at radius 3 is 2.31 bits per heavy atom. The molecule has 0 aliphatic heterocycles. The number of aldehydes is 1. The van der Waals surface area contributed by atoms with E-state index in [0.29, 0.717) is 19.3 Å². The van der Waals surface area contributed by atoms with Crippen LogP contribution in [0.25, 0.3) is 0 Å². The average molecular weight is 210 g/mol. The van der Waals surface area contributed by atoms with E-state index in [1.165, 1.54) is 0 Å². The number of carbonyl (C=O) groups is 1. The molecule has 0 rings (SSSR count). The van der Waals surface area contributed by atoms with Gasteiger partial charge in [0.2, 0.25) is 0 Å². The molecule has 6 heteroatoms. The second kappa shape index (κ2) is 4.86. The third kappa shape index (κ3) is 4.52. The van der Waals surface area contributed by atoms with Crippen LogP contribution in [0.4, 0.5) is 0 Å². The van der Waals surface area contributed by atoms with Crippen molar-refractivity contribution in [3.63, 3.8) is 0 Å². The zero-order valence-corrected chi connectivity index (χ0v) is 8.41. The molecule has 0 saturated carbocycles.